The minimum atomic E-state index is 0.298. The van der Waals surface area contributed by atoms with Crippen molar-refractivity contribution in [3.05, 3.63) is 34.3 Å². The topological polar surface area (TPSA) is 21.3 Å². The molecule has 100 valence electrons. The van der Waals surface area contributed by atoms with Crippen LogP contribution in [-0.4, -0.2) is 26.3 Å². The molecule has 0 saturated heterocycles. The predicted molar refractivity (Wildman–Crippen MR) is 76.3 cm³/mol. The van der Waals surface area contributed by atoms with Gasteiger partial charge in [-0.25, -0.2) is 0 Å². The summed E-state index contributed by atoms with van der Waals surface area (Å²) in [6.07, 6.45) is 3.80. The Hall–Kier alpha value is -0.570. The largest absolute Gasteiger partial charge is 0.380 e. The van der Waals surface area contributed by atoms with Crippen molar-refractivity contribution in [3.63, 3.8) is 0 Å². The number of methoxy groups -OCH3 is 1. The van der Waals surface area contributed by atoms with Crippen molar-refractivity contribution in [3.8, 4) is 0 Å². The van der Waals surface area contributed by atoms with Gasteiger partial charge in [0, 0.05) is 18.2 Å². The molecule has 0 radical (unpaired) electrons. The zero-order valence-corrected chi connectivity index (χ0v) is 12.1. The second kappa shape index (κ2) is 6.05. The molecule has 2 rings (SSSR count). The van der Waals surface area contributed by atoms with Gasteiger partial charge in [0.1, 0.15) is 0 Å². The maximum absolute atomic E-state index is 6.31. The van der Waals surface area contributed by atoms with Crippen LogP contribution in [-0.2, 0) is 11.2 Å². The van der Waals surface area contributed by atoms with E-state index < -0.39 is 0 Å². The van der Waals surface area contributed by atoms with Crippen molar-refractivity contribution >= 4 is 11.6 Å². The fourth-order valence-corrected chi connectivity index (χ4v) is 2.86. The highest BCUT2D eigenvalue weighted by Gasteiger charge is 2.36. The lowest BCUT2D eigenvalue weighted by atomic mass is 9.97. The molecule has 2 atom stereocenters. The Morgan fingerprint density at radius 3 is 2.67 bits per heavy atom. The first-order valence-electron chi connectivity index (χ1n) is 6.60. The van der Waals surface area contributed by atoms with Gasteiger partial charge in [-0.3, -0.25) is 0 Å². The highest BCUT2D eigenvalue weighted by atomic mass is 35.5. The molecule has 1 N–H and O–H groups in total. The van der Waals surface area contributed by atoms with Crippen molar-refractivity contribution in [1.29, 1.82) is 0 Å². The van der Waals surface area contributed by atoms with Crippen LogP contribution in [0.5, 0.6) is 0 Å². The molecule has 3 heteroatoms. The highest BCUT2D eigenvalue weighted by molar-refractivity contribution is 6.31. The van der Waals surface area contributed by atoms with Crippen molar-refractivity contribution < 1.29 is 4.74 Å². The van der Waals surface area contributed by atoms with Crippen LogP contribution in [0.3, 0.4) is 0 Å². The third-order valence-electron chi connectivity index (χ3n) is 3.77. The summed E-state index contributed by atoms with van der Waals surface area (Å²) in [6.45, 7) is 2.06. The molecule has 1 aromatic carbocycles. The molecule has 18 heavy (non-hydrogen) atoms. The summed E-state index contributed by atoms with van der Waals surface area (Å²) >= 11 is 6.31. The van der Waals surface area contributed by atoms with Crippen LogP contribution >= 0.6 is 11.6 Å². The van der Waals surface area contributed by atoms with Crippen LogP contribution in [0.1, 0.15) is 24.0 Å². The summed E-state index contributed by atoms with van der Waals surface area (Å²) in [5, 5.41) is 4.24. The van der Waals surface area contributed by atoms with Gasteiger partial charge in [-0.15, -0.1) is 0 Å². The van der Waals surface area contributed by atoms with Gasteiger partial charge in [-0.05, 0) is 56.3 Å². The lowest BCUT2D eigenvalue weighted by molar-refractivity contribution is 0.0534. The average Bonchev–Trinajstić information content (AvgIpc) is 3.16. The summed E-state index contributed by atoms with van der Waals surface area (Å²) in [5.41, 5.74) is 2.40. The average molecular weight is 268 g/mol. The summed E-state index contributed by atoms with van der Waals surface area (Å²) in [5.74, 6) is 0.719. The van der Waals surface area contributed by atoms with E-state index in [4.69, 9.17) is 16.3 Å². The smallest absolute Gasteiger partial charge is 0.0755 e. The number of benzene rings is 1. The maximum atomic E-state index is 6.31. The number of ether oxygens (including phenoxy) is 1. The Bertz CT molecular complexity index is 403. The number of likely N-dealkylation sites (N-methyl/N-ethyl adjacent to an activating group) is 1. The highest BCUT2D eigenvalue weighted by Crippen LogP contribution is 2.36. The molecule has 0 aromatic heterocycles. The van der Waals surface area contributed by atoms with E-state index in [9.17, 15) is 0 Å². The second-order valence-corrected chi connectivity index (χ2v) is 5.64. The first-order valence-corrected chi connectivity index (χ1v) is 6.98. The lowest BCUT2D eigenvalue weighted by Crippen LogP contribution is -2.42. The molecule has 1 fully saturated rings. The van der Waals surface area contributed by atoms with Crippen LogP contribution < -0.4 is 5.32 Å². The number of nitrogens with one attached hydrogen (secondary N) is 1. The minimum absolute atomic E-state index is 0.298. The van der Waals surface area contributed by atoms with Gasteiger partial charge in [0.05, 0.1) is 6.10 Å². The van der Waals surface area contributed by atoms with E-state index in [0.29, 0.717) is 12.1 Å². The number of rotatable bonds is 6. The van der Waals surface area contributed by atoms with E-state index in [0.717, 1.165) is 17.4 Å². The third kappa shape index (κ3) is 3.25. The van der Waals surface area contributed by atoms with E-state index in [1.807, 2.05) is 20.2 Å². The number of hydrogen-bond donors (Lipinski definition) is 1. The van der Waals surface area contributed by atoms with Gasteiger partial charge in [0.25, 0.3) is 0 Å². The molecule has 1 saturated carbocycles. The van der Waals surface area contributed by atoms with Crippen molar-refractivity contribution in [1.82, 2.24) is 5.32 Å². The monoisotopic (exact) mass is 267 g/mol. The minimum Gasteiger partial charge on any atom is -0.380 e. The first kappa shape index (κ1) is 13.9. The number of halogens is 1. The molecular weight excluding hydrogens is 246 g/mol. The fourth-order valence-electron chi connectivity index (χ4n) is 2.55. The predicted octanol–water partition coefficient (Wildman–Crippen LogP) is 3.20. The van der Waals surface area contributed by atoms with Crippen molar-refractivity contribution in [2.75, 3.05) is 14.2 Å². The maximum Gasteiger partial charge on any atom is 0.0755 e. The Labute approximate surface area is 115 Å². The molecule has 0 bridgehead atoms. The van der Waals surface area contributed by atoms with Crippen LogP contribution in [0.25, 0.3) is 0 Å². The van der Waals surface area contributed by atoms with Gasteiger partial charge in [-0.1, -0.05) is 23.7 Å². The van der Waals surface area contributed by atoms with Crippen molar-refractivity contribution in [2.24, 2.45) is 5.92 Å². The Morgan fingerprint density at radius 2 is 2.17 bits per heavy atom. The molecule has 2 unspecified atom stereocenters. The molecule has 0 heterocycles. The van der Waals surface area contributed by atoms with Gasteiger partial charge in [0.15, 0.2) is 0 Å². The van der Waals surface area contributed by atoms with E-state index in [1.54, 1.807) is 0 Å². The van der Waals surface area contributed by atoms with E-state index in [-0.39, 0.29) is 0 Å². The third-order valence-corrected chi connectivity index (χ3v) is 4.13. The van der Waals surface area contributed by atoms with Gasteiger partial charge < -0.3 is 10.1 Å². The van der Waals surface area contributed by atoms with E-state index >= 15 is 0 Å². The normalized spacial score (nSPS) is 18.7. The van der Waals surface area contributed by atoms with Crippen LogP contribution in [0.15, 0.2) is 18.2 Å². The van der Waals surface area contributed by atoms with Crippen molar-refractivity contribution in [2.45, 2.75) is 38.3 Å². The molecule has 0 spiro atoms. The number of hydrogen-bond acceptors (Lipinski definition) is 2. The fraction of sp³-hybridized carbons (Fsp3) is 0.600. The molecule has 1 aliphatic rings. The summed E-state index contributed by atoms with van der Waals surface area (Å²) in [4.78, 5) is 0. The van der Waals surface area contributed by atoms with Crippen LogP contribution in [0.4, 0.5) is 0 Å². The zero-order valence-electron chi connectivity index (χ0n) is 11.4. The second-order valence-electron chi connectivity index (χ2n) is 5.23. The molecule has 0 aliphatic heterocycles. The van der Waals surface area contributed by atoms with E-state index in [2.05, 4.69) is 24.4 Å². The summed E-state index contributed by atoms with van der Waals surface area (Å²) in [7, 11) is 3.81. The molecule has 0 amide bonds. The van der Waals surface area contributed by atoms with Gasteiger partial charge in [0.2, 0.25) is 0 Å². The summed E-state index contributed by atoms with van der Waals surface area (Å²) in [6, 6.07) is 6.61. The molecule has 2 nitrogen and oxygen atoms in total. The lowest BCUT2D eigenvalue weighted by Gasteiger charge is -2.26. The first-order chi connectivity index (χ1) is 8.65. The quantitative estimate of drug-likeness (QED) is 0.855. The number of aryl methyl sites for hydroxylation is 1. The standard InChI is InChI=1S/C15H22ClNO/c1-10-4-5-12(13(16)8-10)9-14(17-2)15(18-3)11-6-7-11/h4-5,8,11,14-15,17H,6-7,9H2,1-3H3. The summed E-state index contributed by atoms with van der Waals surface area (Å²) < 4.78 is 5.66. The SMILES string of the molecule is CNC(Cc1ccc(C)cc1Cl)C(OC)C1CC1. The molecule has 1 aromatic rings. The molecule has 1 aliphatic carbocycles. The van der Waals surface area contributed by atoms with Gasteiger partial charge in [-0.2, -0.15) is 0 Å². The van der Waals surface area contributed by atoms with Crippen LogP contribution in [0.2, 0.25) is 5.02 Å². The Kier molecular flexibility index (Phi) is 4.66. The Balaban J connectivity index is 2.09. The molecular formula is C15H22ClNO. The zero-order chi connectivity index (χ0) is 13.1. The Morgan fingerprint density at radius 1 is 1.44 bits per heavy atom. The van der Waals surface area contributed by atoms with Crippen LogP contribution in [0, 0.1) is 12.8 Å². The van der Waals surface area contributed by atoms with E-state index in [1.165, 1.54) is 24.0 Å². The van der Waals surface area contributed by atoms with Gasteiger partial charge >= 0.3 is 0 Å².